The Bertz CT molecular complexity index is 696. The molecule has 0 unspecified atom stereocenters. The first-order valence-corrected chi connectivity index (χ1v) is 9.03. The summed E-state index contributed by atoms with van der Waals surface area (Å²) in [6, 6.07) is 10.8. The van der Waals surface area contributed by atoms with Gasteiger partial charge in [0, 0.05) is 24.2 Å². The number of nitrogens with zero attached hydrogens (tertiary/aromatic N) is 1. The average molecular weight is 369 g/mol. The number of halogens is 3. The van der Waals surface area contributed by atoms with Gasteiger partial charge in [0.15, 0.2) is 0 Å². The van der Waals surface area contributed by atoms with Crippen LogP contribution in [-0.4, -0.2) is 10.9 Å². The molecule has 1 aliphatic rings. The Morgan fingerprint density at radius 3 is 2.35 bits per heavy atom. The van der Waals surface area contributed by atoms with Crippen LogP contribution in [0.2, 0.25) is 15.1 Å². The van der Waals surface area contributed by atoms with E-state index < -0.39 is 0 Å². The van der Waals surface area contributed by atoms with E-state index in [1.54, 1.807) is 0 Å². The van der Waals surface area contributed by atoms with Crippen LogP contribution in [0.25, 0.3) is 0 Å². The molecule has 122 valence electrons. The summed E-state index contributed by atoms with van der Waals surface area (Å²) in [6.45, 7) is 6.35. The van der Waals surface area contributed by atoms with Crippen molar-refractivity contribution >= 4 is 34.8 Å². The fourth-order valence-corrected chi connectivity index (χ4v) is 3.64. The Hall–Kier alpha value is -0.730. The van der Waals surface area contributed by atoms with Gasteiger partial charge >= 0.3 is 0 Å². The predicted molar refractivity (Wildman–Crippen MR) is 99.7 cm³/mol. The van der Waals surface area contributed by atoms with Gasteiger partial charge in [-0.05, 0) is 67.1 Å². The van der Waals surface area contributed by atoms with Gasteiger partial charge in [-0.3, -0.25) is 4.90 Å². The zero-order chi connectivity index (χ0) is 16.6. The molecule has 0 amide bonds. The van der Waals surface area contributed by atoms with E-state index >= 15 is 0 Å². The number of fused-ring (bicyclic) bond motifs is 1. The fourth-order valence-electron chi connectivity index (χ4n) is 3.14. The Balaban J connectivity index is 1.61. The summed E-state index contributed by atoms with van der Waals surface area (Å²) >= 11 is 18.3. The van der Waals surface area contributed by atoms with Gasteiger partial charge in [0.05, 0.1) is 10.0 Å². The van der Waals surface area contributed by atoms with Crippen molar-refractivity contribution in [2.75, 3.05) is 0 Å². The van der Waals surface area contributed by atoms with E-state index in [2.05, 4.69) is 36.9 Å². The lowest BCUT2D eigenvalue weighted by atomic mass is 10.1. The summed E-state index contributed by atoms with van der Waals surface area (Å²) in [5.41, 5.74) is 5.17. The molecule has 1 heterocycles. The molecule has 3 rings (SSSR count). The number of hydrogen-bond donors (Lipinski definition) is 0. The quantitative estimate of drug-likeness (QED) is 0.612. The van der Waals surface area contributed by atoms with Gasteiger partial charge in [-0.2, -0.15) is 0 Å². The van der Waals surface area contributed by atoms with Crippen molar-refractivity contribution in [3.05, 3.63) is 67.7 Å². The van der Waals surface area contributed by atoms with Crippen LogP contribution in [0.15, 0.2) is 30.3 Å². The Morgan fingerprint density at radius 2 is 1.65 bits per heavy atom. The van der Waals surface area contributed by atoms with Crippen molar-refractivity contribution < 1.29 is 0 Å². The molecule has 0 radical (unpaired) electrons. The van der Waals surface area contributed by atoms with Crippen molar-refractivity contribution in [1.29, 1.82) is 0 Å². The predicted octanol–water partition coefficient (Wildman–Crippen LogP) is 6.29. The largest absolute Gasteiger partial charge is 0.292 e. The van der Waals surface area contributed by atoms with Crippen LogP contribution in [-0.2, 0) is 19.5 Å². The van der Waals surface area contributed by atoms with E-state index in [0.29, 0.717) is 16.1 Å². The molecule has 2 aromatic rings. The maximum Gasteiger partial charge on any atom is 0.0595 e. The SMILES string of the molecule is Cc1cc2c(cc1Cl)CN([C@H](C)CCc1ccc(Cl)c(Cl)c1)C2. The number of hydrogen-bond acceptors (Lipinski definition) is 1. The molecule has 1 nitrogen and oxygen atoms in total. The maximum atomic E-state index is 6.25. The van der Waals surface area contributed by atoms with Crippen LogP contribution < -0.4 is 0 Å². The van der Waals surface area contributed by atoms with E-state index in [0.717, 1.165) is 36.5 Å². The van der Waals surface area contributed by atoms with Crippen molar-refractivity contribution in [3.8, 4) is 0 Å². The topological polar surface area (TPSA) is 3.24 Å². The molecule has 0 aromatic heterocycles. The van der Waals surface area contributed by atoms with Gasteiger partial charge in [0.2, 0.25) is 0 Å². The minimum Gasteiger partial charge on any atom is -0.292 e. The summed E-state index contributed by atoms with van der Waals surface area (Å²) in [5.74, 6) is 0. The van der Waals surface area contributed by atoms with Crippen LogP contribution in [0, 0.1) is 6.92 Å². The fraction of sp³-hybridized carbons (Fsp3) is 0.368. The first-order chi connectivity index (χ1) is 10.9. The van der Waals surface area contributed by atoms with Gasteiger partial charge in [0.25, 0.3) is 0 Å². The molecule has 0 bridgehead atoms. The number of benzene rings is 2. The van der Waals surface area contributed by atoms with Crippen molar-refractivity contribution in [1.82, 2.24) is 4.90 Å². The van der Waals surface area contributed by atoms with Crippen molar-refractivity contribution in [2.45, 2.75) is 45.8 Å². The lowest BCUT2D eigenvalue weighted by molar-refractivity contribution is 0.203. The number of aryl methyl sites for hydroxylation is 2. The molecular formula is C19H20Cl3N. The summed E-state index contributed by atoms with van der Waals surface area (Å²) in [6.07, 6.45) is 2.10. The van der Waals surface area contributed by atoms with Gasteiger partial charge in [-0.15, -0.1) is 0 Å². The maximum absolute atomic E-state index is 6.25. The molecule has 0 N–H and O–H groups in total. The molecule has 23 heavy (non-hydrogen) atoms. The van der Waals surface area contributed by atoms with Gasteiger partial charge in [-0.25, -0.2) is 0 Å². The van der Waals surface area contributed by atoms with E-state index in [1.807, 2.05) is 12.1 Å². The van der Waals surface area contributed by atoms with Crippen LogP contribution in [0.4, 0.5) is 0 Å². The minimum atomic E-state index is 0.510. The summed E-state index contributed by atoms with van der Waals surface area (Å²) in [7, 11) is 0. The van der Waals surface area contributed by atoms with Gasteiger partial charge in [-0.1, -0.05) is 46.9 Å². The summed E-state index contributed by atoms with van der Waals surface area (Å²) < 4.78 is 0. The molecule has 0 saturated carbocycles. The Labute approximate surface area is 153 Å². The molecule has 0 spiro atoms. The van der Waals surface area contributed by atoms with E-state index in [-0.39, 0.29) is 0 Å². The van der Waals surface area contributed by atoms with Gasteiger partial charge in [0.1, 0.15) is 0 Å². The lowest BCUT2D eigenvalue weighted by Gasteiger charge is -2.23. The minimum absolute atomic E-state index is 0.510. The van der Waals surface area contributed by atoms with Gasteiger partial charge < -0.3 is 0 Å². The highest BCUT2D eigenvalue weighted by molar-refractivity contribution is 6.42. The summed E-state index contributed by atoms with van der Waals surface area (Å²) in [5, 5.41) is 2.12. The first kappa shape index (κ1) is 17.1. The third-order valence-electron chi connectivity index (χ3n) is 4.69. The highest BCUT2D eigenvalue weighted by atomic mass is 35.5. The molecule has 4 heteroatoms. The van der Waals surface area contributed by atoms with E-state index in [1.165, 1.54) is 16.7 Å². The highest BCUT2D eigenvalue weighted by Gasteiger charge is 2.23. The monoisotopic (exact) mass is 367 g/mol. The van der Waals surface area contributed by atoms with Crippen LogP contribution >= 0.6 is 34.8 Å². The third-order valence-corrected chi connectivity index (χ3v) is 5.83. The second-order valence-corrected chi connectivity index (χ2v) is 7.63. The molecule has 1 aliphatic heterocycles. The van der Waals surface area contributed by atoms with Crippen LogP contribution in [0.5, 0.6) is 0 Å². The molecular weight excluding hydrogens is 349 g/mol. The van der Waals surface area contributed by atoms with Crippen molar-refractivity contribution in [2.24, 2.45) is 0 Å². The standard InChI is InChI=1S/C19H20Cl3N/c1-12-7-15-10-23(11-16(15)9-18(12)21)13(2)3-4-14-5-6-17(20)19(22)8-14/h5-9,13H,3-4,10-11H2,1-2H3/t13-/m1/s1. The normalized spacial score (nSPS) is 15.7. The Morgan fingerprint density at radius 1 is 0.957 bits per heavy atom. The number of rotatable bonds is 4. The van der Waals surface area contributed by atoms with E-state index in [4.69, 9.17) is 34.8 Å². The third kappa shape index (κ3) is 3.85. The van der Waals surface area contributed by atoms with E-state index in [9.17, 15) is 0 Å². The molecule has 0 aliphatic carbocycles. The first-order valence-electron chi connectivity index (χ1n) is 7.90. The zero-order valence-corrected chi connectivity index (χ0v) is 15.6. The second-order valence-electron chi connectivity index (χ2n) is 6.41. The smallest absolute Gasteiger partial charge is 0.0595 e. The van der Waals surface area contributed by atoms with Crippen LogP contribution in [0.1, 0.15) is 35.6 Å². The highest BCUT2D eigenvalue weighted by Crippen LogP contribution is 2.30. The molecule has 2 aromatic carbocycles. The lowest BCUT2D eigenvalue weighted by Crippen LogP contribution is -2.28. The van der Waals surface area contributed by atoms with Crippen LogP contribution in [0.3, 0.4) is 0 Å². The zero-order valence-electron chi connectivity index (χ0n) is 13.4. The Kier molecular flexibility index (Phi) is 5.22. The second kappa shape index (κ2) is 7.03. The summed E-state index contributed by atoms with van der Waals surface area (Å²) in [4.78, 5) is 2.51. The molecule has 0 saturated heterocycles. The molecule has 0 fully saturated rings. The molecule has 1 atom stereocenters. The average Bonchev–Trinajstić information content (AvgIpc) is 2.91. The van der Waals surface area contributed by atoms with Crippen molar-refractivity contribution in [3.63, 3.8) is 0 Å².